The Hall–Kier alpha value is -2.19. The molecular weight excluding hydrogens is 320 g/mol. The predicted molar refractivity (Wildman–Crippen MR) is 86.8 cm³/mol. The molecule has 0 bridgehead atoms. The van der Waals surface area contributed by atoms with Crippen LogP contribution in [-0.2, 0) is 17.9 Å². The van der Waals surface area contributed by atoms with Gasteiger partial charge >= 0.3 is 0 Å². The average Bonchev–Trinajstić information content (AvgIpc) is 3.20. The molecule has 0 saturated heterocycles. The Kier molecular flexibility index (Phi) is 4.50. The van der Waals surface area contributed by atoms with Gasteiger partial charge in [0.15, 0.2) is 6.61 Å². The van der Waals surface area contributed by atoms with Crippen molar-refractivity contribution in [2.75, 3.05) is 0 Å². The van der Waals surface area contributed by atoms with Gasteiger partial charge in [-0.3, -0.25) is 0 Å². The first-order valence-electron chi connectivity index (χ1n) is 6.54. The highest BCUT2D eigenvalue weighted by molar-refractivity contribution is 7.13. The molecule has 8 heteroatoms. The molecule has 0 radical (unpaired) electrons. The third-order valence-electron chi connectivity index (χ3n) is 2.71. The highest BCUT2D eigenvalue weighted by Crippen LogP contribution is 2.23. The number of oxime groups is 1. The Bertz CT molecular complexity index is 762. The summed E-state index contributed by atoms with van der Waals surface area (Å²) in [6, 6.07) is 3.90. The molecule has 114 valence electrons. The van der Waals surface area contributed by atoms with E-state index in [2.05, 4.69) is 15.1 Å². The molecule has 0 amide bonds. The van der Waals surface area contributed by atoms with E-state index in [4.69, 9.17) is 15.0 Å². The summed E-state index contributed by atoms with van der Waals surface area (Å²) in [6.07, 6.45) is 2.04. The second kappa shape index (κ2) is 6.71. The summed E-state index contributed by atoms with van der Waals surface area (Å²) < 4.78 is 5.40. The van der Waals surface area contributed by atoms with Crippen LogP contribution in [0.4, 0.5) is 0 Å². The van der Waals surface area contributed by atoms with Crippen molar-refractivity contribution in [3.8, 4) is 10.8 Å². The molecule has 6 nitrogen and oxygen atoms in total. The van der Waals surface area contributed by atoms with Crippen molar-refractivity contribution in [3.05, 3.63) is 45.6 Å². The molecule has 0 aliphatic carbocycles. The van der Waals surface area contributed by atoms with Crippen molar-refractivity contribution in [1.82, 2.24) is 9.97 Å². The van der Waals surface area contributed by atoms with E-state index >= 15 is 0 Å². The molecule has 0 unspecified atom stereocenters. The van der Waals surface area contributed by atoms with E-state index in [1.807, 2.05) is 29.8 Å². The van der Waals surface area contributed by atoms with E-state index < -0.39 is 0 Å². The van der Waals surface area contributed by atoms with E-state index in [1.54, 1.807) is 28.9 Å². The fraction of sp³-hybridized carbons (Fsp3) is 0.214. The quantitative estimate of drug-likeness (QED) is 0.425. The molecule has 2 N–H and O–H groups in total. The number of aryl methyl sites for hydroxylation is 1. The number of thiazole rings is 1. The number of aromatic nitrogens is 2. The summed E-state index contributed by atoms with van der Waals surface area (Å²) in [6.45, 7) is 2.17. The van der Waals surface area contributed by atoms with Crippen molar-refractivity contribution in [2.45, 2.75) is 20.0 Å². The van der Waals surface area contributed by atoms with Crippen LogP contribution in [0.5, 0.6) is 0 Å². The Morgan fingerprint density at radius 1 is 1.36 bits per heavy atom. The standard InChI is InChI=1S/C14H14N4O2S2/c1-9-16-10(8-22-9)5-13(15)18-20-7-11-6-19-14(17-11)12-3-2-4-21-12/h2-4,6,8H,5,7H2,1H3,(H2,15,18). The Morgan fingerprint density at radius 2 is 2.27 bits per heavy atom. The number of rotatable bonds is 6. The zero-order chi connectivity index (χ0) is 15.4. The zero-order valence-electron chi connectivity index (χ0n) is 11.9. The van der Waals surface area contributed by atoms with Gasteiger partial charge in [0.2, 0.25) is 5.89 Å². The molecule has 0 fully saturated rings. The van der Waals surface area contributed by atoms with Crippen LogP contribution in [0.25, 0.3) is 10.8 Å². The van der Waals surface area contributed by atoms with Crippen LogP contribution in [0.1, 0.15) is 16.4 Å². The number of hydrogen-bond donors (Lipinski definition) is 1. The van der Waals surface area contributed by atoms with E-state index in [-0.39, 0.29) is 6.61 Å². The topological polar surface area (TPSA) is 86.5 Å². The third kappa shape index (κ3) is 3.71. The van der Waals surface area contributed by atoms with Crippen molar-refractivity contribution in [2.24, 2.45) is 10.9 Å². The van der Waals surface area contributed by atoms with Gasteiger partial charge in [0.1, 0.15) is 17.8 Å². The number of thiophene rings is 1. The maximum atomic E-state index is 5.81. The van der Waals surface area contributed by atoms with Crippen LogP contribution in [-0.4, -0.2) is 15.8 Å². The van der Waals surface area contributed by atoms with E-state index in [1.165, 1.54) is 0 Å². The minimum atomic E-state index is 0.214. The normalized spacial score (nSPS) is 11.8. The molecule has 0 atom stereocenters. The van der Waals surface area contributed by atoms with Gasteiger partial charge < -0.3 is 15.0 Å². The van der Waals surface area contributed by atoms with Gasteiger partial charge in [-0.1, -0.05) is 11.2 Å². The summed E-state index contributed by atoms with van der Waals surface area (Å²) in [4.78, 5) is 14.8. The molecule has 0 spiro atoms. The van der Waals surface area contributed by atoms with Crippen molar-refractivity contribution in [3.63, 3.8) is 0 Å². The lowest BCUT2D eigenvalue weighted by molar-refractivity contribution is 0.127. The molecule has 0 aliphatic heterocycles. The Labute approximate surface area is 135 Å². The fourth-order valence-electron chi connectivity index (χ4n) is 1.78. The largest absolute Gasteiger partial charge is 0.443 e. The first-order chi connectivity index (χ1) is 10.7. The average molecular weight is 334 g/mol. The van der Waals surface area contributed by atoms with Crippen molar-refractivity contribution >= 4 is 28.5 Å². The number of hydrogen-bond acceptors (Lipinski definition) is 7. The Balaban J connectivity index is 1.53. The first kappa shape index (κ1) is 14.7. The summed E-state index contributed by atoms with van der Waals surface area (Å²) in [5.41, 5.74) is 7.38. The van der Waals surface area contributed by atoms with Gasteiger partial charge in [-0.15, -0.1) is 22.7 Å². The lowest BCUT2D eigenvalue weighted by Crippen LogP contribution is -2.15. The number of oxazole rings is 1. The summed E-state index contributed by atoms with van der Waals surface area (Å²) in [5, 5.41) is 8.82. The van der Waals surface area contributed by atoms with Gasteiger partial charge in [0.25, 0.3) is 0 Å². The van der Waals surface area contributed by atoms with Crippen molar-refractivity contribution < 1.29 is 9.25 Å². The summed E-state index contributed by atoms with van der Waals surface area (Å²) in [7, 11) is 0. The van der Waals surface area contributed by atoms with Gasteiger partial charge in [-0.05, 0) is 18.4 Å². The van der Waals surface area contributed by atoms with E-state index in [9.17, 15) is 0 Å². The number of nitrogens with zero attached hydrogens (tertiary/aromatic N) is 3. The van der Waals surface area contributed by atoms with E-state index in [0.717, 1.165) is 15.6 Å². The van der Waals surface area contributed by atoms with Crippen LogP contribution in [0, 0.1) is 6.92 Å². The van der Waals surface area contributed by atoms with Gasteiger partial charge in [0, 0.05) is 5.38 Å². The first-order valence-corrected chi connectivity index (χ1v) is 8.30. The molecule has 3 aromatic heterocycles. The predicted octanol–water partition coefficient (Wildman–Crippen LogP) is 3.20. The molecule has 3 rings (SSSR count). The van der Waals surface area contributed by atoms with Crippen LogP contribution in [0.3, 0.4) is 0 Å². The minimum absolute atomic E-state index is 0.214. The lowest BCUT2D eigenvalue weighted by atomic mass is 10.3. The van der Waals surface area contributed by atoms with Gasteiger partial charge in [-0.25, -0.2) is 9.97 Å². The van der Waals surface area contributed by atoms with Crippen LogP contribution in [0.2, 0.25) is 0 Å². The van der Waals surface area contributed by atoms with Crippen LogP contribution >= 0.6 is 22.7 Å². The SMILES string of the molecule is Cc1nc(CC(N)=NOCc2coc(-c3cccs3)n2)cs1. The highest BCUT2D eigenvalue weighted by Gasteiger charge is 2.08. The third-order valence-corrected chi connectivity index (χ3v) is 4.39. The van der Waals surface area contributed by atoms with Gasteiger partial charge in [0.05, 0.1) is 22.0 Å². The maximum Gasteiger partial charge on any atom is 0.236 e. The second-order valence-corrected chi connectivity index (χ2v) is 6.52. The zero-order valence-corrected chi connectivity index (χ0v) is 13.5. The smallest absolute Gasteiger partial charge is 0.236 e. The second-order valence-electron chi connectivity index (χ2n) is 4.51. The molecule has 0 saturated carbocycles. The lowest BCUT2D eigenvalue weighted by Gasteiger charge is -1.98. The summed E-state index contributed by atoms with van der Waals surface area (Å²) >= 11 is 3.16. The molecular formula is C14H14N4O2S2. The molecule has 0 aliphatic rings. The number of amidine groups is 1. The van der Waals surface area contributed by atoms with Crippen molar-refractivity contribution in [1.29, 1.82) is 0 Å². The maximum absolute atomic E-state index is 5.81. The van der Waals surface area contributed by atoms with Crippen LogP contribution in [0.15, 0.2) is 38.7 Å². The Morgan fingerprint density at radius 3 is 3.00 bits per heavy atom. The monoisotopic (exact) mass is 334 g/mol. The van der Waals surface area contributed by atoms with Gasteiger partial charge in [-0.2, -0.15) is 0 Å². The minimum Gasteiger partial charge on any atom is -0.443 e. The molecule has 3 aromatic rings. The summed E-state index contributed by atoms with van der Waals surface area (Å²) in [5.74, 6) is 0.968. The molecule has 3 heterocycles. The fourth-order valence-corrected chi connectivity index (χ4v) is 3.04. The number of nitrogens with two attached hydrogens (primary N) is 1. The molecule has 22 heavy (non-hydrogen) atoms. The highest BCUT2D eigenvalue weighted by atomic mass is 32.1. The van der Waals surface area contributed by atoms with Crippen LogP contribution < -0.4 is 5.73 Å². The van der Waals surface area contributed by atoms with E-state index in [0.29, 0.717) is 23.8 Å². The molecule has 0 aromatic carbocycles.